The molecule has 0 aliphatic heterocycles. The van der Waals surface area contributed by atoms with Crippen molar-refractivity contribution in [2.75, 3.05) is 6.54 Å². The number of aromatic nitrogens is 2. The Bertz CT molecular complexity index is 727. The van der Waals surface area contributed by atoms with Gasteiger partial charge < -0.3 is 20.3 Å². The van der Waals surface area contributed by atoms with Gasteiger partial charge in [0.05, 0.1) is 0 Å². The minimum Gasteiger partial charge on any atom is -0.483 e. The zero-order chi connectivity index (χ0) is 18.4. The lowest BCUT2D eigenvalue weighted by atomic mass is 9.92. The number of hydrogen-bond donors (Lipinski definition) is 3. The van der Waals surface area contributed by atoms with E-state index in [-0.39, 0.29) is 12.4 Å². The fourth-order valence-corrected chi connectivity index (χ4v) is 3.54. The summed E-state index contributed by atoms with van der Waals surface area (Å²) in [5, 5.41) is 20.5. The van der Waals surface area contributed by atoms with Crippen LogP contribution in [0.15, 0.2) is 16.1 Å². The van der Waals surface area contributed by atoms with Crippen LogP contribution in [0.1, 0.15) is 46.1 Å². The Morgan fingerprint density at radius 2 is 2.23 bits per heavy atom. The molecule has 0 radical (unpaired) electrons. The zero-order valence-corrected chi connectivity index (χ0v) is 15.1. The maximum absolute atomic E-state index is 12.3. The van der Waals surface area contributed by atoms with Crippen molar-refractivity contribution in [3.05, 3.63) is 33.6 Å². The van der Waals surface area contributed by atoms with Gasteiger partial charge in [0.15, 0.2) is 5.69 Å². The fraction of sp³-hybridized carbons (Fsp3) is 0.529. The molecule has 1 amide bonds. The molecular formula is C17H22N4O4S. The number of amides is 1. The second-order valence-corrected chi connectivity index (χ2v) is 7.42. The van der Waals surface area contributed by atoms with Crippen molar-refractivity contribution in [1.29, 1.82) is 0 Å². The number of aryl methyl sites for hydroxylation is 1. The Balaban J connectivity index is 0.000000613. The standard InChI is InChI=1S/C16H20N4O2S.CH2O2/c21-16(19-8-10-1-2-10)15-12-7-11(3-4-13(12)22-20-15)18-9-14-17-5-6-23-14;2-1-3/h5-6,10-11,18H,1-4,7-9H2,(H,19,21);1H,(H,2,3). The lowest BCUT2D eigenvalue weighted by molar-refractivity contribution is -0.122. The van der Waals surface area contributed by atoms with Crippen LogP contribution in [0.3, 0.4) is 0 Å². The first-order valence-corrected chi connectivity index (χ1v) is 9.54. The number of carboxylic acid groups (broad SMARTS) is 1. The molecule has 2 heterocycles. The zero-order valence-electron chi connectivity index (χ0n) is 14.3. The molecule has 26 heavy (non-hydrogen) atoms. The largest absolute Gasteiger partial charge is 0.483 e. The number of carbonyl (C=O) groups excluding carboxylic acids is 1. The predicted octanol–water partition coefficient (Wildman–Crippen LogP) is 1.62. The Labute approximate surface area is 155 Å². The Morgan fingerprint density at radius 3 is 2.92 bits per heavy atom. The maximum atomic E-state index is 12.3. The molecule has 2 aliphatic carbocycles. The molecule has 0 saturated heterocycles. The van der Waals surface area contributed by atoms with E-state index in [4.69, 9.17) is 14.4 Å². The van der Waals surface area contributed by atoms with Gasteiger partial charge in [0.25, 0.3) is 12.4 Å². The van der Waals surface area contributed by atoms with Crippen molar-refractivity contribution in [3.63, 3.8) is 0 Å². The number of nitrogens with zero attached hydrogens (tertiary/aromatic N) is 2. The fourth-order valence-electron chi connectivity index (χ4n) is 2.97. The van der Waals surface area contributed by atoms with Gasteiger partial charge in [-0.25, -0.2) is 4.98 Å². The number of thiazole rings is 1. The van der Waals surface area contributed by atoms with Gasteiger partial charge in [-0.3, -0.25) is 9.59 Å². The van der Waals surface area contributed by atoms with Gasteiger partial charge in [-0.15, -0.1) is 11.3 Å². The van der Waals surface area contributed by atoms with Crippen LogP contribution in [-0.2, 0) is 24.2 Å². The Kier molecular flexibility index (Phi) is 6.35. The molecule has 0 spiro atoms. The highest BCUT2D eigenvalue weighted by Gasteiger charge is 2.29. The van der Waals surface area contributed by atoms with Crippen molar-refractivity contribution in [2.24, 2.45) is 5.92 Å². The van der Waals surface area contributed by atoms with Crippen LogP contribution in [-0.4, -0.2) is 40.2 Å². The molecule has 4 rings (SSSR count). The molecule has 2 aliphatic rings. The third-order valence-electron chi connectivity index (χ3n) is 4.53. The molecule has 140 valence electrons. The summed E-state index contributed by atoms with van der Waals surface area (Å²) < 4.78 is 5.38. The topological polar surface area (TPSA) is 117 Å². The van der Waals surface area contributed by atoms with E-state index in [1.807, 2.05) is 11.6 Å². The van der Waals surface area contributed by atoms with E-state index in [1.165, 1.54) is 12.8 Å². The van der Waals surface area contributed by atoms with Gasteiger partial charge in [-0.1, -0.05) is 5.16 Å². The van der Waals surface area contributed by atoms with Crippen molar-refractivity contribution in [1.82, 2.24) is 20.8 Å². The van der Waals surface area contributed by atoms with E-state index in [0.29, 0.717) is 17.7 Å². The van der Waals surface area contributed by atoms with Crippen LogP contribution in [0.25, 0.3) is 0 Å². The first kappa shape index (κ1) is 18.5. The summed E-state index contributed by atoms with van der Waals surface area (Å²) in [5.41, 5.74) is 1.45. The van der Waals surface area contributed by atoms with Crippen molar-refractivity contribution >= 4 is 23.7 Å². The van der Waals surface area contributed by atoms with Crippen LogP contribution >= 0.6 is 11.3 Å². The molecule has 1 unspecified atom stereocenters. The molecule has 2 aromatic rings. The Morgan fingerprint density at radius 1 is 1.42 bits per heavy atom. The first-order chi connectivity index (χ1) is 12.7. The van der Waals surface area contributed by atoms with Gasteiger partial charge >= 0.3 is 0 Å². The molecule has 2 aromatic heterocycles. The predicted molar refractivity (Wildman–Crippen MR) is 95.0 cm³/mol. The van der Waals surface area contributed by atoms with Crippen LogP contribution < -0.4 is 10.6 Å². The first-order valence-electron chi connectivity index (χ1n) is 8.66. The molecule has 0 aromatic carbocycles. The summed E-state index contributed by atoms with van der Waals surface area (Å²) in [6, 6.07) is 0.334. The van der Waals surface area contributed by atoms with E-state index in [1.54, 1.807) is 11.3 Å². The van der Waals surface area contributed by atoms with Gasteiger partial charge in [0, 0.05) is 42.7 Å². The number of carbonyl (C=O) groups is 2. The Hall–Kier alpha value is -2.26. The van der Waals surface area contributed by atoms with Crippen molar-refractivity contribution in [2.45, 2.75) is 44.7 Å². The third kappa shape index (κ3) is 4.89. The average molecular weight is 378 g/mol. The summed E-state index contributed by atoms with van der Waals surface area (Å²) >= 11 is 1.65. The quantitative estimate of drug-likeness (QED) is 0.654. The molecular weight excluding hydrogens is 356 g/mol. The minimum atomic E-state index is -0.250. The number of hydrogen-bond acceptors (Lipinski definition) is 7. The van der Waals surface area contributed by atoms with Crippen LogP contribution in [0.4, 0.5) is 0 Å². The number of nitrogens with one attached hydrogen (secondary N) is 2. The van der Waals surface area contributed by atoms with E-state index < -0.39 is 0 Å². The van der Waals surface area contributed by atoms with Gasteiger partial charge in [0.1, 0.15) is 10.8 Å². The van der Waals surface area contributed by atoms with E-state index >= 15 is 0 Å². The maximum Gasteiger partial charge on any atom is 0.290 e. The SMILES string of the molecule is O=C(NCC1CC1)c1noc2c1CC(NCc1nccs1)CC2.O=CO. The van der Waals surface area contributed by atoms with Crippen molar-refractivity contribution < 1.29 is 19.2 Å². The van der Waals surface area contributed by atoms with E-state index in [0.717, 1.165) is 48.7 Å². The summed E-state index contributed by atoms with van der Waals surface area (Å²) in [6.45, 7) is 1.28. The number of rotatable bonds is 6. The van der Waals surface area contributed by atoms with Gasteiger partial charge in [0.2, 0.25) is 0 Å². The smallest absolute Gasteiger partial charge is 0.290 e. The minimum absolute atomic E-state index is 0.0949. The highest BCUT2D eigenvalue weighted by molar-refractivity contribution is 7.09. The highest BCUT2D eigenvalue weighted by atomic mass is 32.1. The average Bonchev–Trinajstić information content (AvgIpc) is 3.15. The third-order valence-corrected chi connectivity index (χ3v) is 5.31. The monoisotopic (exact) mass is 378 g/mol. The molecule has 1 fully saturated rings. The second-order valence-electron chi connectivity index (χ2n) is 6.44. The summed E-state index contributed by atoms with van der Waals surface area (Å²) in [4.78, 5) is 24.9. The molecule has 1 saturated carbocycles. The van der Waals surface area contributed by atoms with E-state index in [9.17, 15) is 4.79 Å². The highest BCUT2D eigenvalue weighted by Crippen LogP contribution is 2.28. The number of fused-ring (bicyclic) bond motifs is 1. The van der Waals surface area contributed by atoms with Gasteiger partial charge in [-0.2, -0.15) is 0 Å². The second kappa shape index (κ2) is 8.91. The van der Waals surface area contributed by atoms with E-state index in [2.05, 4.69) is 20.8 Å². The lowest BCUT2D eigenvalue weighted by Gasteiger charge is -2.22. The molecule has 3 N–H and O–H groups in total. The van der Waals surface area contributed by atoms with Gasteiger partial charge in [-0.05, 0) is 31.6 Å². The summed E-state index contributed by atoms with van der Waals surface area (Å²) in [5.74, 6) is 1.44. The summed E-state index contributed by atoms with van der Waals surface area (Å²) in [6.07, 6.45) is 6.88. The van der Waals surface area contributed by atoms with Crippen LogP contribution in [0.2, 0.25) is 0 Å². The van der Waals surface area contributed by atoms with Crippen molar-refractivity contribution in [3.8, 4) is 0 Å². The molecule has 0 bridgehead atoms. The normalized spacial score (nSPS) is 18.4. The summed E-state index contributed by atoms with van der Waals surface area (Å²) in [7, 11) is 0. The van der Waals surface area contributed by atoms with Crippen LogP contribution in [0.5, 0.6) is 0 Å². The molecule has 9 heteroatoms. The van der Waals surface area contributed by atoms with Crippen LogP contribution in [0, 0.1) is 5.92 Å². The lowest BCUT2D eigenvalue weighted by Crippen LogP contribution is -2.35. The molecule has 1 atom stereocenters. The molecule has 8 nitrogen and oxygen atoms in total.